The molecule has 0 saturated carbocycles. The van der Waals surface area contributed by atoms with Crippen molar-refractivity contribution in [2.24, 2.45) is 0 Å². The Morgan fingerprint density at radius 2 is 1.92 bits per heavy atom. The number of para-hydroxylation sites is 1. The van der Waals surface area contributed by atoms with E-state index in [4.69, 9.17) is 14.2 Å². The van der Waals surface area contributed by atoms with E-state index in [-0.39, 0.29) is 18.5 Å². The minimum Gasteiger partial charge on any atom is -0.493 e. The lowest BCUT2D eigenvalue weighted by Crippen LogP contribution is -2.11. The molecular formula is C20H19NO5. The molecule has 0 unspecified atom stereocenters. The molecule has 0 spiro atoms. The van der Waals surface area contributed by atoms with Crippen molar-refractivity contribution in [3.05, 3.63) is 53.6 Å². The van der Waals surface area contributed by atoms with Crippen LogP contribution >= 0.6 is 0 Å². The van der Waals surface area contributed by atoms with Crippen LogP contribution in [0.1, 0.15) is 29.8 Å². The number of hydrogen-bond acceptors (Lipinski definition) is 5. The largest absolute Gasteiger partial charge is 0.493 e. The molecule has 0 atom stereocenters. The van der Waals surface area contributed by atoms with Gasteiger partial charge in [-0.25, -0.2) is 0 Å². The van der Waals surface area contributed by atoms with Crippen LogP contribution in [0.4, 0.5) is 5.69 Å². The number of ether oxygens (including phenoxy) is 3. The van der Waals surface area contributed by atoms with Gasteiger partial charge in [0.25, 0.3) is 0 Å². The van der Waals surface area contributed by atoms with Gasteiger partial charge in [0.15, 0.2) is 17.3 Å². The summed E-state index contributed by atoms with van der Waals surface area (Å²) in [4.78, 5) is 24.2. The predicted octanol–water partition coefficient (Wildman–Crippen LogP) is 3.67. The molecule has 3 rings (SSSR count). The fourth-order valence-corrected chi connectivity index (χ4v) is 2.58. The molecule has 1 amide bonds. The number of benzene rings is 2. The first-order chi connectivity index (χ1) is 12.6. The second-order valence-corrected chi connectivity index (χ2v) is 5.60. The third-order valence-electron chi connectivity index (χ3n) is 3.78. The van der Waals surface area contributed by atoms with E-state index in [2.05, 4.69) is 5.32 Å². The van der Waals surface area contributed by atoms with E-state index in [0.717, 1.165) is 5.56 Å². The molecule has 0 aromatic heterocycles. The van der Waals surface area contributed by atoms with Gasteiger partial charge in [-0.1, -0.05) is 18.2 Å². The molecule has 0 aliphatic carbocycles. The highest BCUT2D eigenvalue weighted by Crippen LogP contribution is 2.37. The highest BCUT2D eigenvalue weighted by molar-refractivity contribution is 6.08. The average Bonchev–Trinajstić information content (AvgIpc) is 3.08. The number of fused-ring (bicyclic) bond motifs is 1. The molecule has 2 aromatic rings. The lowest BCUT2D eigenvalue weighted by atomic mass is 10.1. The summed E-state index contributed by atoms with van der Waals surface area (Å²) in [5, 5.41) is 2.72. The van der Waals surface area contributed by atoms with Crippen LogP contribution in [0.2, 0.25) is 0 Å². The molecule has 6 heteroatoms. The summed E-state index contributed by atoms with van der Waals surface area (Å²) >= 11 is 0. The zero-order chi connectivity index (χ0) is 18.5. The Kier molecular flexibility index (Phi) is 5.22. The van der Waals surface area contributed by atoms with Crippen molar-refractivity contribution >= 4 is 23.5 Å². The number of carbonyl (C=O) groups excluding carboxylic acids is 2. The van der Waals surface area contributed by atoms with E-state index in [1.165, 1.54) is 13.0 Å². The normalized spacial score (nSPS) is 12.2. The van der Waals surface area contributed by atoms with Crippen molar-refractivity contribution < 1.29 is 23.8 Å². The first-order valence-corrected chi connectivity index (χ1v) is 8.24. The number of nitrogens with one attached hydrogen (secondary N) is 1. The molecule has 0 radical (unpaired) electrons. The van der Waals surface area contributed by atoms with Gasteiger partial charge in [0.1, 0.15) is 5.75 Å². The molecule has 0 bridgehead atoms. The minimum atomic E-state index is -0.363. The third kappa shape index (κ3) is 3.85. The Morgan fingerprint density at radius 1 is 1.19 bits per heavy atom. The summed E-state index contributed by atoms with van der Waals surface area (Å²) in [5.74, 6) is 1.15. The first-order valence-electron chi connectivity index (χ1n) is 8.24. The maximum absolute atomic E-state index is 12.3. The van der Waals surface area contributed by atoms with Gasteiger partial charge in [-0.15, -0.1) is 0 Å². The zero-order valence-corrected chi connectivity index (χ0v) is 14.6. The van der Waals surface area contributed by atoms with Gasteiger partial charge in [0.05, 0.1) is 12.3 Å². The Hall–Kier alpha value is -3.28. The molecule has 134 valence electrons. The quantitative estimate of drug-likeness (QED) is 0.634. The number of Topliss-reactive ketones (excluding diaryl/α,β-unsaturated/α-hetero) is 1. The lowest BCUT2D eigenvalue weighted by Gasteiger charge is -2.09. The zero-order valence-electron chi connectivity index (χ0n) is 14.6. The fraction of sp³-hybridized carbons (Fsp3) is 0.200. The summed E-state index contributed by atoms with van der Waals surface area (Å²) in [6.07, 6.45) is 3.06. The highest BCUT2D eigenvalue weighted by atomic mass is 16.7. The van der Waals surface area contributed by atoms with Crippen molar-refractivity contribution in [1.29, 1.82) is 0 Å². The maximum Gasteiger partial charge on any atom is 0.248 e. The average molecular weight is 353 g/mol. The van der Waals surface area contributed by atoms with Crippen LogP contribution in [0.15, 0.2) is 42.5 Å². The second kappa shape index (κ2) is 7.74. The van der Waals surface area contributed by atoms with Gasteiger partial charge in [0.2, 0.25) is 12.7 Å². The van der Waals surface area contributed by atoms with E-state index in [9.17, 15) is 9.59 Å². The Bertz CT molecular complexity index is 873. The molecule has 1 heterocycles. The van der Waals surface area contributed by atoms with Crippen molar-refractivity contribution in [2.75, 3.05) is 18.7 Å². The monoisotopic (exact) mass is 353 g/mol. The van der Waals surface area contributed by atoms with E-state index in [1.54, 1.807) is 18.2 Å². The number of anilines is 1. The van der Waals surface area contributed by atoms with Crippen LogP contribution < -0.4 is 19.5 Å². The Morgan fingerprint density at radius 3 is 2.65 bits per heavy atom. The Balaban J connectivity index is 1.79. The Labute approximate surface area is 151 Å². The number of amides is 1. The molecular weight excluding hydrogens is 334 g/mol. The number of hydrogen-bond donors (Lipinski definition) is 1. The molecule has 0 saturated heterocycles. The van der Waals surface area contributed by atoms with Crippen LogP contribution in [0, 0.1) is 0 Å². The van der Waals surface area contributed by atoms with E-state index in [0.29, 0.717) is 35.1 Å². The second-order valence-electron chi connectivity index (χ2n) is 5.60. The van der Waals surface area contributed by atoms with Crippen LogP contribution in [0.5, 0.6) is 17.2 Å². The van der Waals surface area contributed by atoms with Crippen LogP contribution in [-0.4, -0.2) is 25.1 Å². The van der Waals surface area contributed by atoms with Crippen LogP contribution in [0.3, 0.4) is 0 Å². The van der Waals surface area contributed by atoms with Crippen LogP contribution in [0.25, 0.3) is 6.08 Å². The van der Waals surface area contributed by atoms with Crippen molar-refractivity contribution in [1.82, 2.24) is 0 Å². The molecule has 1 aliphatic rings. The summed E-state index contributed by atoms with van der Waals surface area (Å²) in [7, 11) is 0. The molecule has 26 heavy (non-hydrogen) atoms. The van der Waals surface area contributed by atoms with Gasteiger partial charge >= 0.3 is 0 Å². The standard InChI is InChI=1S/C20H19NO5/c1-3-24-17-7-5-4-6-14(17)8-9-20(23)21-16-11-19-18(25-12-26-19)10-15(16)13(2)22/h4-11H,3,12H2,1-2H3,(H,21,23)/b9-8+. The van der Waals surface area contributed by atoms with E-state index >= 15 is 0 Å². The smallest absolute Gasteiger partial charge is 0.248 e. The number of carbonyl (C=O) groups is 2. The number of rotatable bonds is 6. The molecule has 2 aromatic carbocycles. The summed E-state index contributed by atoms with van der Waals surface area (Å²) in [6, 6.07) is 10.6. The molecule has 0 fully saturated rings. The predicted molar refractivity (Wildman–Crippen MR) is 97.8 cm³/mol. The number of ketones is 1. The third-order valence-corrected chi connectivity index (χ3v) is 3.78. The summed E-state index contributed by atoms with van der Waals surface area (Å²) in [6.45, 7) is 3.96. The SMILES string of the molecule is CCOc1ccccc1/C=C/C(=O)Nc1cc2c(cc1C(C)=O)OCO2. The lowest BCUT2D eigenvalue weighted by molar-refractivity contribution is -0.111. The highest BCUT2D eigenvalue weighted by Gasteiger charge is 2.20. The van der Waals surface area contributed by atoms with Crippen molar-refractivity contribution in [3.8, 4) is 17.2 Å². The van der Waals surface area contributed by atoms with Gasteiger partial charge in [-0.05, 0) is 32.1 Å². The van der Waals surface area contributed by atoms with Gasteiger partial charge in [-0.3, -0.25) is 9.59 Å². The van der Waals surface area contributed by atoms with Crippen LogP contribution in [-0.2, 0) is 4.79 Å². The molecule has 1 aliphatic heterocycles. The van der Waals surface area contributed by atoms with Gasteiger partial charge in [0, 0.05) is 23.3 Å². The van der Waals surface area contributed by atoms with Crippen molar-refractivity contribution in [2.45, 2.75) is 13.8 Å². The van der Waals surface area contributed by atoms with Crippen molar-refractivity contribution in [3.63, 3.8) is 0 Å². The first kappa shape index (κ1) is 17.5. The summed E-state index contributed by atoms with van der Waals surface area (Å²) < 4.78 is 16.1. The fourth-order valence-electron chi connectivity index (χ4n) is 2.58. The van der Waals surface area contributed by atoms with Gasteiger partial charge in [-0.2, -0.15) is 0 Å². The molecule has 1 N–H and O–H groups in total. The van der Waals surface area contributed by atoms with Gasteiger partial charge < -0.3 is 19.5 Å². The summed E-state index contributed by atoms with van der Waals surface area (Å²) in [5.41, 5.74) is 1.54. The van der Waals surface area contributed by atoms with E-state index in [1.807, 2.05) is 31.2 Å². The maximum atomic E-state index is 12.3. The molecule has 6 nitrogen and oxygen atoms in total. The minimum absolute atomic E-state index is 0.0954. The van der Waals surface area contributed by atoms with E-state index < -0.39 is 0 Å². The topological polar surface area (TPSA) is 73.9 Å².